The van der Waals surface area contributed by atoms with Crippen molar-refractivity contribution in [1.82, 2.24) is 30.4 Å². The first-order chi connectivity index (χ1) is 27.7. The molecule has 6 nitrogen and oxygen atoms in total. The Balaban J connectivity index is 0.830. The van der Waals surface area contributed by atoms with E-state index in [9.17, 15) is 0 Å². The minimum atomic E-state index is -0.0690. The van der Waals surface area contributed by atoms with Crippen molar-refractivity contribution < 1.29 is 0 Å². The van der Waals surface area contributed by atoms with Gasteiger partial charge in [-0.2, -0.15) is 0 Å². The van der Waals surface area contributed by atoms with Gasteiger partial charge in [-0.05, 0) is 93.0 Å². The standard InChI is InChI=1S/C48H34N6S3/c1-47(2)33-13-7-5-11-29(33)31-21-19-27(25-35(31)47)37-15-9-17-39(49-37)43-51-53-45(56-43)41-23-24-42(55-41)46-54-52-44(57-46)40-18-10-16-38(50-40)28-20-22-32-30-12-6-8-14-34(30)48(3,4)36(32)26-28/h5-26H,1-4H3. The predicted octanol–water partition coefficient (Wildman–Crippen LogP) is 12.9. The number of thiophene rings is 1. The largest absolute Gasteiger partial charge is 0.245 e. The fourth-order valence-corrected chi connectivity index (χ4v) is 11.3. The van der Waals surface area contributed by atoms with Gasteiger partial charge in [-0.25, -0.2) is 9.97 Å². The Morgan fingerprint density at radius 1 is 0.351 bits per heavy atom. The molecule has 0 unspecified atom stereocenters. The van der Waals surface area contributed by atoms with Crippen LogP contribution in [0, 0.1) is 0 Å². The normalized spacial score (nSPS) is 14.2. The molecule has 274 valence electrons. The molecular formula is C48H34N6S3. The first-order valence-corrected chi connectivity index (χ1v) is 21.4. The zero-order chi connectivity index (χ0) is 38.5. The van der Waals surface area contributed by atoms with Gasteiger partial charge in [0.25, 0.3) is 0 Å². The second kappa shape index (κ2) is 12.8. The molecule has 57 heavy (non-hydrogen) atoms. The molecular weight excluding hydrogens is 757 g/mol. The summed E-state index contributed by atoms with van der Waals surface area (Å²) in [5.41, 5.74) is 16.2. The molecule has 5 aromatic heterocycles. The van der Waals surface area contributed by atoms with Crippen LogP contribution in [0.15, 0.2) is 133 Å². The van der Waals surface area contributed by atoms with Crippen LogP contribution >= 0.6 is 34.0 Å². The van der Waals surface area contributed by atoms with Crippen molar-refractivity contribution in [2.45, 2.75) is 38.5 Å². The molecule has 4 aromatic carbocycles. The van der Waals surface area contributed by atoms with Crippen molar-refractivity contribution in [2.75, 3.05) is 0 Å². The molecule has 2 aliphatic rings. The van der Waals surface area contributed by atoms with Gasteiger partial charge in [-0.3, -0.25) is 0 Å². The molecule has 0 spiro atoms. The summed E-state index contributed by atoms with van der Waals surface area (Å²) in [4.78, 5) is 12.2. The molecule has 0 saturated carbocycles. The first-order valence-electron chi connectivity index (χ1n) is 18.9. The summed E-state index contributed by atoms with van der Waals surface area (Å²) < 4.78 is 0. The number of nitrogens with zero attached hydrogens (tertiary/aromatic N) is 6. The van der Waals surface area contributed by atoms with E-state index < -0.39 is 0 Å². The van der Waals surface area contributed by atoms with Gasteiger partial charge in [0.1, 0.15) is 11.4 Å². The van der Waals surface area contributed by atoms with Crippen LogP contribution in [0.25, 0.3) is 85.9 Å². The van der Waals surface area contributed by atoms with E-state index in [0.717, 1.165) is 63.7 Å². The van der Waals surface area contributed by atoms with Crippen LogP contribution in [0.5, 0.6) is 0 Å². The molecule has 9 heteroatoms. The van der Waals surface area contributed by atoms with Crippen molar-refractivity contribution in [3.63, 3.8) is 0 Å². The fraction of sp³-hybridized carbons (Fsp3) is 0.125. The molecule has 0 amide bonds. The van der Waals surface area contributed by atoms with Gasteiger partial charge in [0, 0.05) is 22.0 Å². The highest BCUT2D eigenvalue weighted by atomic mass is 32.1. The second-order valence-electron chi connectivity index (χ2n) is 15.7. The predicted molar refractivity (Wildman–Crippen MR) is 235 cm³/mol. The van der Waals surface area contributed by atoms with Crippen LogP contribution in [0.3, 0.4) is 0 Å². The first kappa shape index (κ1) is 34.3. The van der Waals surface area contributed by atoms with Crippen LogP contribution in [0.1, 0.15) is 49.9 Å². The Hall–Kier alpha value is -6.00. The summed E-state index contributed by atoms with van der Waals surface area (Å²) in [6.45, 7) is 9.22. The summed E-state index contributed by atoms with van der Waals surface area (Å²) in [6, 6.07) is 47.4. The number of rotatable bonds is 6. The number of aromatic nitrogens is 6. The average Bonchev–Trinajstić information content (AvgIpc) is 4.09. The smallest absolute Gasteiger partial charge is 0.166 e. The lowest BCUT2D eigenvalue weighted by Gasteiger charge is -2.21. The average molecular weight is 791 g/mol. The van der Waals surface area contributed by atoms with Gasteiger partial charge in [0.15, 0.2) is 20.0 Å². The number of hydrogen-bond acceptors (Lipinski definition) is 9. The lowest BCUT2D eigenvalue weighted by molar-refractivity contribution is 0.660. The molecule has 5 heterocycles. The van der Waals surface area contributed by atoms with Crippen molar-refractivity contribution in [1.29, 1.82) is 0 Å². The monoisotopic (exact) mass is 790 g/mol. The van der Waals surface area contributed by atoms with Gasteiger partial charge in [-0.15, -0.1) is 31.7 Å². The van der Waals surface area contributed by atoms with Gasteiger partial charge in [0.05, 0.1) is 21.1 Å². The van der Waals surface area contributed by atoms with E-state index in [1.54, 1.807) is 34.0 Å². The molecule has 0 atom stereocenters. The SMILES string of the molecule is CC1(C)c2ccccc2-c2ccc(-c3cccc(-c4nnc(-c5ccc(-c6nnc(-c7cccc(-c8ccc9c(c8)C(C)(C)c8ccccc8-9)n7)s6)s5)s4)n3)cc21. The van der Waals surface area contributed by atoms with Gasteiger partial charge < -0.3 is 0 Å². The summed E-state index contributed by atoms with van der Waals surface area (Å²) >= 11 is 4.75. The van der Waals surface area contributed by atoms with Crippen molar-refractivity contribution in [3.05, 3.63) is 156 Å². The van der Waals surface area contributed by atoms with E-state index >= 15 is 0 Å². The van der Waals surface area contributed by atoms with E-state index in [-0.39, 0.29) is 10.8 Å². The Labute approximate surface area is 342 Å². The molecule has 0 bridgehead atoms. The molecule has 0 fully saturated rings. The summed E-state index contributed by atoms with van der Waals surface area (Å²) in [5.74, 6) is 0. The summed E-state index contributed by atoms with van der Waals surface area (Å²) in [7, 11) is 0. The molecule has 2 aliphatic carbocycles. The molecule has 11 rings (SSSR count). The van der Waals surface area contributed by atoms with Crippen LogP contribution in [0.2, 0.25) is 0 Å². The topological polar surface area (TPSA) is 77.3 Å². The van der Waals surface area contributed by atoms with Crippen LogP contribution < -0.4 is 0 Å². The third-order valence-electron chi connectivity index (χ3n) is 11.6. The fourth-order valence-electron chi connectivity index (χ4n) is 8.58. The zero-order valence-corrected chi connectivity index (χ0v) is 34.1. The Morgan fingerprint density at radius 3 is 1.23 bits per heavy atom. The third kappa shape index (κ3) is 5.48. The van der Waals surface area contributed by atoms with Crippen molar-refractivity contribution in [2.24, 2.45) is 0 Å². The zero-order valence-electron chi connectivity index (χ0n) is 31.6. The summed E-state index contributed by atoms with van der Waals surface area (Å²) in [5, 5.41) is 21.6. The molecule has 0 radical (unpaired) electrons. The Morgan fingerprint density at radius 2 is 0.754 bits per heavy atom. The number of benzene rings is 4. The van der Waals surface area contributed by atoms with E-state index in [2.05, 4.69) is 169 Å². The maximum atomic E-state index is 5.07. The molecule has 0 aliphatic heterocycles. The number of fused-ring (bicyclic) bond motifs is 6. The molecule has 9 aromatic rings. The van der Waals surface area contributed by atoms with Crippen molar-refractivity contribution >= 4 is 34.0 Å². The van der Waals surface area contributed by atoms with E-state index in [0.29, 0.717) is 0 Å². The lowest BCUT2D eigenvalue weighted by atomic mass is 9.82. The van der Waals surface area contributed by atoms with Gasteiger partial charge in [0.2, 0.25) is 0 Å². The Bertz CT molecular complexity index is 2860. The summed E-state index contributed by atoms with van der Waals surface area (Å²) in [6.07, 6.45) is 0. The van der Waals surface area contributed by atoms with Crippen molar-refractivity contribution in [3.8, 4) is 85.9 Å². The minimum Gasteiger partial charge on any atom is -0.245 e. The van der Waals surface area contributed by atoms with Gasteiger partial charge in [-0.1, -0.05) is 135 Å². The highest BCUT2D eigenvalue weighted by Gasteiger charge is 2.36. The van der Waals surface area contributed by atoms with Crippen LogP contribution in [-0.2, 0) is 10.8 Å². The highest BCUT2D eigenvalue weighted by molar-refractivity contribution is 7.27. The maximum Gasteiger partial charge on any atom is 0.166 e. The maximum absolute atomic E-state index is 5.07. The second-order valence-corrected chi connectivity index (χ2v) is 18.7. The number of hydrogen-bond donors (Lipinski definition) is 0. The Kier molecular flexibility index (Phi) is 7.67. The van der Waals surface area contributed by atoms with E-state index in [4.69, 9.17) is 9.97 Å². The van der Waals surface area contributed by atoms with E-state index in [1.165, 1.54) is 44.5 Å². The van der Waals surface area contributed by atoms with Crippen LogP contribution in [-0.4, -0.2) is 30.4 Å². The third-order valence-corrected chi connectivity index (χ3v) is 14.9. The van der Waals surface area contributed by atoms with Crippen LogP contribution in [0.4, 0.5) is 0 Å². The van der Waals surface area contributed by atoms with E-state index in [1.807, 2.05) is 12.1 Å². The van der Waals surface area contributed by atoms with Gasteiger partial charge >= 0.3 is 0 Å². The molecule has 0 saturated heterocycles. The molecule has 0 N–H and O–H groups in total. The number of pyridine rings is 2. The lowest BCUT2D eigenvalue weighted by Crippen LogP contribution is -2.14. The minimum absolute atomic E-state index is 0.0690. The highest BCUT2D eigenvalue weighted by Crippen LogP contribution is 2.51. The quantitative estimate of drug-likeness (QED) is 0.167.